The van der Waals surface area contributed by atoms with Gasteiger partial charge in [-0.3, -0.25) is 5.10 Å². The maximum Gasteiger partial charge on any atom is 0.141 e. The fraction of sp³-hybridized carbons (Fsp3) is 0.0769. The van der Waals surface area contributed by atoms with Crippen molar-refractivity contribution in [3.8, 4) is 0 Å². The molecule has 2 heterocycles. The highest BCUT2D eigenvalue weighted by molar-refractivity contribution is 6.30. The van der Waals surface area contributed by atoms with Crippen LogP contribution in [0.5, 0.6) is 0 Å². The predicted molar refractivity (Wildman–Crippen MR) is 73.4 cm³/mol. The quantitative estimate of drug-likeness (QED) is 0.737. The largest absolute Gasteiger partial charge is 0.340 e. The molecule has 90 valence electrons. The van der Waals surface area contributed by atoms with E-state index in [-0.39, 0.29) is 0 Å². The Kier molecular flexibility index (Phi) is 2.64. The molecule has 4 nitrogen and oxygen atoms in total. The Labute approximate surface area is 109 Å². The van der Waals surface area contributed by atoms with Gasteiger partial charge in [-0.1, -0.05) is 11.6 Å². The van der Waals surface area contributed by atoms with Crippen LogP contribution < -0.4 is 5.32 Å². The van der Waals surface area contributed by atoms with Crippen LogP contribution in [0.25, 0.3) is 10.9 Å². The fourth-order valence-electron chi connectivity index (χ4n) is 1.89. The summed E-state index contributed by atoms with van der Waals surface area (Å²) in [5.74, 6) is 0.793. The highest BCUT2D eigenvalue weighted by Gasteiger charge is 2.08. The number of nitrogens with zero attached hydrogens (tertiary/aromatic N) is 2. The van der Waals surface area contributed by atoms with Gasteiger partial charge in [-0.2, -0.15) is 5.10 Å². The molecule has 0 atom stereocenters. The first-order valence-electron chi connectivity index (χ1n) is 5.56. The van der Waals surface area contributed by atoms with E-state index in [2.05, 4.69) is 20.5 Å². The number of aryl methyl sites for hydroxylation is 1. The number of benzene rings is 1. The third-order valence-electron chi connectivity index (χ3n) is 2.76. The van der Waals surface area contributed by atoms with E-state index in [9.17, 15) is 0 Å². The highest BCUT2D eigenvalue weighted by Crippen LogP contribution is 2.25. The minimum Gasteiger partial charge on any atom is -0.340 e. The SMILES string of the molecule is Cc1n[nH]c2ccnc(Nc3ccc(Cl)cc3)c12. The van der Waals surface area contributed by atoms with E-state index < -0.39 is 0 Å². The van der Waals surface area contributed by atoms with Gasteiger partial charge in [0.1, 0.15) is 5.82 Å². The Hall–Kier alpha value is -2.07. The molecule has 0 saturated heterocycles. The molecule has 0 aliphatic rings. The Bertz CT molecular complexity index is 688. The number of fused-ring (bicyclic) bond motifs is 1. The van der Waals surface area contributed by atoms with Gasteiger partial charge in [-0.25, -0.2) is 4.98 Å². The van der Waals surface area contributed by atoms with Crippen molar-refractivity contribution < 1.29 is 0 Å². The van der Waals surface area contributed by atoms with Gasteiger partial charge in [-0.15, -0.1) is 0 Å². The smallest absolute Gasteiger partial charge is 0.141 e. The molecule has 0 saturated carbocycles. The van der Waals surface area contributed by atoms with E-state index in [4.69, 9.17) is 11.6 Å². The van der Waals surface area contributed by atoms with E-state index in [0.29, 0.717) is 5.02 Å². The van der Waals surface area contributed by atoms with Crippen molar-refractivity contribution >= 4 is 34.0 Å². The molecule has 5 heteroatoms. The number of H-pyrrole nitrogens is 1. The molecule has 0 radical (unpaired) electrons. The topological polar surface area (TPSA) is 53.6 Å². The second-order valence-corrected chi connectivity index (χ2v) is 4.46. The van der Waals surface area contributed by atoms with Crippen LogP contribution in [0.1, 0.15) is 5.69 Å². The molecule has 3 aromatic rings. The summed E-state index contributed by atoms with van der Waals surface area (Å²) in [6.07, 6.45) is 1.75. The Morgan fingerprint density at radius 2 is 1.94 bits per heavy atom. The lowest BCUT2D eigenvalue weighted by Gasteiger charge is -2.06. The molecule has 0 spiro atoms. The highest BCUT2D eigenvalue weighted by atomic mass is 35.5. The lowest BCUT2D eigenvalue weighted by atomic mass is 10.2. The summed E-state index contributed by atoms with van der Waals surface area (Å²) in [5, 5.41) is 12.2. The molecule has 0 amide bonds. The van der Waals surface area contributed by atoms with E-state index in [0.717, 1.165) is 28.1 Å². The summed E-state index contributed by atoms with van der Waals surface area (Å²) in [6, 6.07) is 9.41. The van der Waals surface area contributed by atoms with Crippen LogP contribution in [-0.4, -0.2) is 15.2 Å². The fourth-order valence-corrected chi connectivity index (χ4v) is 2.01. The van der Waals surface area contributed by atoms with Gasteiger partial charge in [0.05, 0.1) is 16.6 Å². The second kappa shape index (κ2) is 4.31. The van der Waals surface area contributed by atoms with Crippen molar-refractivity contribution in [2.75, 3.05) is 5.32 Å². The van der Waals surface area contributed by atoms with Crippen LogP contribution in [-0.2, 0) is 0 Å². The number of hydrogen-bond acceptors (Lipinski definition) is 3. The number of halogens is 1. The molecular formula is C13H11ClN4. The third-order valence-corrected chi connectivity index (χ3v) is 3.02. The van der Waals surface area contributed by atoms with Crippen LogP contribution in [0.15, 0.2) is 36.5 Å². The number of nitrogens with one attached hydrogen (secondary N) is 2. The van der Waals surface area contributed by atoms with E-state index in [1.54, 1.807) is 6.20 Å². The van der Waals surface area contributed by atoms with Gasteiger partial charge in [0, 0.05) is 16.9 Å². The number of pyridine rings is 1. The minimum atomic E-state index is 0.714. The van der Waals surface area contributed by atoms with Crippen LogP contribution in [0.4, 0.5) is 11.5 Å². The number of aromatic nitrogens is 3. The van der Waals surface area contributed by atoms with Crippen molar-refractivity contribution in [1.29, 1.82) is 0 Å². The zero-order valence-corrected chi connectivity index (χ0v) is 10.5. The van der Waals surface area contributed by atoms with Gasteiger partial charge in [0.25, 0.3) is 0 Å². The lowest BCUT2D eigenvalue weighted by Crippen LogP contribution is -1.94. The normalized spacial score (nSPS) is 10.8. The maximum atomic E-state index is 5.86. The standard InChI is InChI=1S/C13H11ClN4/c1-8-12-11(18-17-8)6-7-15-13(12)16-10-4-2-9(14)3-5-10/h2-7H,1H3,(H,15,16)(H,17,18). The monoisotopic (exact) mass is 258 g/mol. The summed E-state index contributed by atoms with van der Waals surface area (Å²) in [5.41, 5.74) is 2.84. The Balaban J connectivity index is 2.04. The van der Waals surface area contributed by atoms with Crippen molar-refractivity contribution in [3.05, 3.63) is 47.2 Å². The summed E-state index contributed by atoms with van der Waals surface area (Å²) in [7, 11) is 0. The molecule has 0 fully saturated rings. The second-order valence-electron chi connectivity index (χ2n) is 4.02. The van der Waals surface area contributed by atoms with Gasteiger partial charge in [0.15, 0.2) is 0 Å². The molecule has 1 aromatic carbocycles. The van der Waals surface area contributed by atoms with Crippen LogP contribution in [0, 0.1) is 6.92 Å². The van der Waals surface area contributed by atoms with Crippen LogP contribution >= 0.6 is 11.6 Å². The molecule has 18 heavy (non-hydrogen) atoms. The van der Waals surface area contributed by atoms with Gasteiger partial charge < -0.3 is 5.32 Å². The predicted octanol–water partition coefficient (Wildman–Crippen LogP) is 3.66. The zero-order valence-electron chi connectivity index (χ0n) is 9.74. The molecule has 2 aromatic heterocycles. The zero-order chi connectivity index (χ0) is 12.5. The minimum absolute atomic E-state index is 0.714. The number of hydrogen-bond donors (Lipinski definition) is 2. The summed E-state index contributed by atoms with van der Waals surface area (Å²) in [4.78, 5) is 4.35. The Morgan fingerprint density at radius 3 is 2.72 bits per heavy atom. The van der Waals surface area contributed by atoms with Crippen molar-refractivity contribution in [2.24, 2.45) is 0 Å². The first-order valence-corrected chi connectivity index (χ1v) is 5.94. The third kappa shape index (κ3) is 1.91. The Morgan fingerprint density at radius 1 is 1.17 bits per heavy atom. The average molecular weight is 259 g/mol. The lowest BCUT2D eigenvalue weighted by molar-refractivity contribution is 1.07. The molecule has 0 bridgehead atoms. The van der Waals surface area contributed by atoms with Gasteiger partial charge in [0.2, 0.25) is 0 Å². The average Bonchev–Trinajstić information content (AvgIpc) is 2.75. The van der Waals surface area contributed by atoms with Crippen molar-refractivity contribution in [1.82, 2.24) is 15.2 Å². The van der Waals surface area contributed by atoms with E-state index in [1.807, 2.05) is 37.3 Å². The van der Waals surface area contributed by atoms with Gasteiger partial charge >= 0.3 is 0 Å². The van der Waals surface area contributed by atoms with E-state index >= 15 is 0 Å². The van der Waals surface area contributed by atoms with Crippen molar-refractivity contribution in [3.63, 3.8) is 0 Å². The maximum absolute atomic E-state index is 5.86. The first-order chi connectivity index (χ1) is 8.74. The molecular weight excluding hydrogens is 248 g/mol. The van der Waals surface area contributed by atoms with Crippen LogP contribution in [0.2, 0.25) is 5.02 Å². The number of rotatable bonds is 2. The molecule has 0 aliphatic heterocycles. The van der Waals surface area contributed by atoms with E-state index in [1.165, 1.54) is 0 Å². The first kappa shape index (κ1) is 11.0. The van der Waals surface area contributed by atoms with Crippen molar-refractivity contribution in [2.45, 2.75) is 6.92 Å². The number of aromatic amines is 1. The molecule has 0 aliphatic carbocycles. The van der Waals surface area contributed by atoms with Crippen LogP contribution in [0.3, 0.4) is 0 Å². The molecule has 3 rings (SSSR count). The van der Waals surface area contributed by atoms with Gasteiger partial charge in [-0.05, 0) is 37.3 Å². The molecule has 2 N–H and O–H groups in total. The molecule has 0 unspecified atom stereocenters. The summed E-state index contributed by atoms with van der Waals surface area (Å²) in [6.45, 7) is 1.95. The number of anilines is 2. The summed E-state index contributed by atoms with van der Waals surface area (Å²) < 4.78 is 0. The summed E-state index contributed by atoms with van der Waals surface area (Å²) >= 11 is 5.86.